The van der Waals surface area contributed by atoms with Crippen molar-refractivity contribution in [3.63, 3.8) is 0 Å². The average Bonchev–Trinajstić information content (AvgIpc) is 3.34. The molecule has 36 heavy (non-hydrogen) atoms. The molecule has 0 saturated carbocycles. The molecule has 9 heteroatoms. The van der Waals surface area contributed by atoms with E-state index in [0.717, 1.165) is 26.5 Å². The van der Waals surface area contributed by atoms with Crippen LogP contribution >= 0.6 is 27.3 Å². The van der Waals surface area contributed by atoms with Crippen LogP contribution in [0.3, 0.4) is 0 Å². The number of benzene rings is 2. The fourth-order valence-electron chi connectivity index (χ4n) is 4.59. The minimum Gasteiger partial charge on any atom is -0.496 e. The predicted octanol–water partition coefficient (Wildman–Crippen LogP) is 4.06. The van der Waals surface area contributed by atoms with Crippen LogP contribution in [0.5, 0.6) is 5.75 Å². The first-order valence-electron chi connectivity index (χ1n) is 11.4. The number of thiazole rings is 1. The molecule has 5 rings (SSSR count). The minimum atomic E-state index is -0.683. The van der Waals surface area contributed by atoms with Crippen molar-refractivity contribution >= 4 is 50.2 Å². The molecule has 4 aromatic rings. The van der Waals surface area contributed by atoms with Crippen LogP contribution in [0.4, 0.5) is 0 Å². The van der Waals surface area contributed by atoms with E-state index in [1.807, 2.05) is 66.4 Å². The molecule has 0 amide bonds. The van der Waals surface area contributed by atoms with E-state index < -0.39 is 12.0 Å². The molecule has 0 N–H and O–H groups in total. The Bertz CT molecular complexity index is 1730. The Labute approximate surface area is 219 Å². The lowest BCUT2D eigenvalue weighted by molar-refractivity contribution is -0.139. The number of methoxy groups -OCH3 is 1. The van der Waals surface area contributed by atoms with Gasteiger partial charge in [0.25, 0.3) is 5.56 Å². The van der Waals surface area contributed by atoms with Crippen molar-refractivity contribution in [1.29, 1.82) is 0 Å². The van der Waals surface area contributed by atoms with Crippen LogP contribution in [0.2, 0.25) is 0 Å². The first-order chi connectivity index (χ1) is 17.3. The van der Waals surface area contributed by atoms with Gasteiger partial charge in [0.05, 0.1) is 40.0 Å². The molecule has 1 atom stereocenters. The highest BCUT2D eigenvalue weighted by Gasteiger charge is 2.33. The van der Waals surface area contributed by atoms with Crippen molar-refractivity contribution in [2.45, 2.75) is 19.9 Å². The number of nitrogens with zero attached hydrogens (tertiary/aromatic N) is 3. The fourth-order valence-corrected chi connectivity index (χ4v) is 6.18. The number of ether oxygens (including phenoxy) is 2. The maximum atomic E-state index is 13.8. The Kier molecular flexibility index (Phi) is 6.44. The quantitative estimate of drug-likeness (QED) is 0.342. The molecule has 1 aliphatic heterocycles. The number of halogens is 1. The smallest absolute Gasteiger partial charge is 0.338 e. The largest absolute Gasteiger partial charge is 0.496 e. The van der Waals surface area contributed by atoms with Crippen LogP contribution in [0.1, 0.15) is 31.0 Å². The number of esters is 1. The Hall–Kier alpha value is -3.43. The molecule has 7 nitrogen and oxygen atoms in total. The SMILES string of the molecule is CCOC(=O)C1=C(C)N=c2s/c(=C/c3cn(C)c4ccccc34)c(=O)n2[C@@H]1c1ccc(OC)c(Br)c1. The van der Waals surface area contributed by atoms with Crippen LogP contribution < -0.4 is 19.6 Å². The summed E-state index contributed by atoms with van der Waals surface area (Å²) in [5, 5.41) is 1.06. The van der Waals surface area contributed by atoms with E-state index in [-0.39, 0.29) is 12.2 Å². The second-order valence-electron chi connectivity index (χ2n) is 8.41. The monoisotopic (exact) mass is 565 g/mol. The van der Waals surface area contributed by atoms with Gasteiger partial charge in [-0.05, 0) is 59.6 Å². The molecule has 2 aromatic heterocycles. The Morgan fingerprint density at radius 1 is 1.25 bits per heavy atom. The fraction of sp³-hybridized carbons (Fsp3) is 0.222. The lowest BCUT2D eigenvalue weighted by atomic mass is 9.96. The molecule has 2 aromatic carbocycles. The van der Waals surface area contributed by atoms with Gasteiger partial charge in [-0.25, -0.2) is 9.79 Å². The summed E-state index contributed by atoms with van der Waals surface area (Å²) >= 11 is 4.85. The summed E-state index contributed by atoms with van der Waals surface area (Å²) in [6.07, 6.45) is 3.91. The Morgan fingerprint density at radius 2 is 2.03 bits per heavy atom. The molecule has 0 unspecified atom stereocenters. The van der Waals surface area contributed by atoms with Gasteiger partial charge in [0, 0.05) is 29.7 Å². The molecule has 0 aliphatic carbocycles. The number of hydrogen-bond acceptors (Lipinski definition) is 6. The summed E-state index contributed by atoms with van der Waals surface area (Å²) in [5.41, 5.74) is 3.44. The second kappa shape index (κ2) is 9.55. The standard InChI is InChI=1S/C27H24BrN3O4S/c1-5-35-26(33)23-15(2)29-27-31(24(23)16-10-11-21(34-4)19(28)12-16)25(32)22(36-27)13-17-14-30(3)20-9-7-6-8-18(17)20/h6-14,24H,5H2,1-4H3/b22-13+/t24-/m1/s1. The van der Waals surface area contributed by atoms with Gasteiger partial charge in [0.15, 0.2) is 4.80 Å². The molecular formula is C27H24BrN3O4S. The number of carbonyl (C=O) groups is 1. The summed E-state index contributed by atoms with van der Waals surface area (Å²) in [6.45, 7) is 3.76. The van der Waals surface area contributed by atoms with Crippen molar-refractivity contribution < 1.29 is 14.3 Å². The van der Waals surface area contributed by atoms with Crippen molar-refractivity contribution in [1.82, 2.24) is 9.13 Å². The third-order valence-corrected chi connectivity index (χ3v) is 7.83. The zero-order valence-corrected chi connectivity index (χ0v) is 22.6. The predicted molar refractivity (Wildman–Crippen MR) is 144 cm³/mol. The number of para-hydroxylation sites is 1. The average molecular weight is 566 g/mol. The first-order valence-corrected chi connectivity index (χ1v) is 13.0. The van der Waals surface area contributed by atoms with E-state index >= 15 is 0 Å². The van der Waals surface area contributed by atoms with E-state index in [1.165, 1.54) is 11.3 Å². The lowest BCUT2D eigenvalue weighted by Crippen LogP contribution is -2.39. The topological polar surface area (TPSA) is 74.8 Å². The van der Waals surface area contributed by atoms with Crippen molar-refractivity contribution in [2.24, 2.45) is 12.0 Å². The number of hydrogen-bond donors (Lipinski definition) is 0. The van der Waals surface area contributed by atoms with Gasteiger partial charge < -0.3 is 14.0 Å². The third kappa shape index (κ3) is 4.02. The number of carbonyl (C=O) groups excluding carboxylic acids is 1. The highest BCUT2D eigenvalue weighted by molar-refractivity contribution is 9.10. The highest BCUT2D eigenvalue weighted by atomic mass is 79.9. The molecule has 1 aliphatic rings. The number of aromatic nitrogens is 2. The van der Waals surface area contributed by atoms with Gasteiger partial charge in [-0.1, -0.05) is 35.6 Å². The van der Waals surface area contributed by atoms with Crippen molar-refractivity contribution in [3.8, 4) is 5.75 Å². The van der Waals surface area contributed by atoms with Gasteiger partial charge >= 0.3 is 5.97 Å². The van der Waals surface area contributed by atoms with Gasteiger partial charge in [0.2, 0.25) is 0 Å². The second-order valence-corrected chi connectivity index (χ2v) is 10.3. The van der Waals surface area contributed by atoms with E-state index in [0.29, 0.717) is 26.4 Å². The van der Waals surface area contributed by atoms with Gasteiger partial charge in [-0.15, -0.1) is 0 Å². The number of allylic oxidation sites excluding steroid dienone is 1. The minimum absolute atomic E-state index is 0.210. The summed E-state index contributed by atoms with van der Waals surface area (Å²) in [7, 11) is 3.57. The van der Waals surface area contributed by atoms with Gasteiger partial charge in [0.1, 0.15) is 5.75 Å². The van der Waals surface area contributed by atoms with Crippen molar-refractivity contribution in [3.05, 3.63) is 95.2 Å². The van der Waals surface area contributed by atoms with E-state index in [1.54, 1.807) is 25.5 Å². The molecule has 184 valence electrons. The zero-order chi connectivity index (χ0) is 25.6. The van der Waals surface area contributed by atoms with E-state index in [9.17, 15) is 9.59 Å². The molecule has 0 fully saturated rings. The third-order valence-electron chi connectivity index (χ3n) is 6.22. The van der Waals surface area contributed by atoms with Crippen LogP contribution in [-0.2, 0) is 16.6 Å². The number of fused-ring (bicyclic) bond motifs is 2. The summed E-state index contributed by atoms with van der Waals surface area (Å²) < 4.78 is 15.6. The Morgan fingerprint density at radius 3 is 2.75 bits per heavy atom. The van der Waals surface area contributed by atoms with Gasteiger partial charge in [-0.2, -0.15) is 0 Å². The van der Waals surface area contributed by atoms with E-state index in [2.05, 4.69) is 20.9 Å². The Balaban J connectivity index is 1.75. The first kappa shape index (κ1) is 24.3. The summed E-state index contributed by atoms with van der Waals surface area (Å²) in [5.74, 6) is 0.166. The lowest BCUT2D eigenvalue weighted by Gasteiger charge is -2.25. The van der Waals surface area contributed by atoms with Crippen LogP contribution in [0.15, 0.2) is 74.2 Å². The highest BCUT2D eigenvalue weighted by Crippen LogP contribution is 2.35. The number of rotatable bonds is 5. The molecule has 0 radical (unpaired) electrons. The molecular weight excluding hydrogens is 542 g/mol. The van der Waals surface area contributed by atoms with Crippen LogP contribution in [-0.4, -0.2) is 28.8 Å². The molecule has 0 spiro atoms. The van der Waals surface area contributed by atoms with Crippen LogP contribution in [0.25, 0.3) is 17.0 Å². The molecule has 0 bridgehead atoms. The molecule has 0 saturated heterocycles. The van der Waals surface area contributed by atoms with Crippen LogP contribution in [0, 0.1) is 0 Å². The number of aryl methyl sites for hydroxylation is 1. The molecule has 3 heterocycles. The maximum Gasteiger partial charge on any atom is 0.338 e. The van der Waals surface area contributed by atoms with E-state index in [4.69, 9.17) is 9.47 Å². The zero-order valence-electron chi connectivity index (χ0n) is 20.2. The summed E-state index contributed by atoms with van der Waals surface area (Å²) in [6, 6.07) is 12.9. The maximum absolute atomic E-state index is 13.8. The van der Waals surface area contributed by atoms with Gasteiger partial charge in [-0.3, -0.25) is 9.36 Å². The normalized spacial score (nSPS) is 15.7. The summed E-state index contributed by atoms with van der Waals surface area (Å²) in [4.78, 5) is 32.1. The van der Waals surface area contributed by atoms with Crippen molar-refractivity contribution in [2.75, 3.05) is 13.7 Å².